The second-order valence-electron chi connectivity index (χ2n) is 7.35. The number of furan rings is 1. The molecule has 2 atom stereocenters. The SMILES string of the molecule is COC(=O)c1ccc([C@@H](C)N2CCCC[C@@H](N3CCN(C)CC3)C2)o1. The van der Waals surface area contributed by atoms with Gasteiger partial charge >= 0.3 is 5.97 Å². The van der Waals surface area contributed by atoms with Gasteiger partial charge in [0, 0.05) is 38.8 Å². The number of ether oxygens (including phenoxy) is 1. The summed E-state index contributed by atoms with van der Waals surface area (Å²) in [5.41, 5.74) is 0. The Labute approximate surface area is 150 Å². The van der Waals surface area contributed by atoms with Crippen molar-refractivity contribution >= 4 is 5.97 Å². The average Bonchev–Trinajstić information content (AvgIpc) is 2.99. The Kier molecular flexibility index (Phi) is 6.15. The van der Waals surface area contributed by atoms with E-state index in [0.717, 1.165) is 45.0 Å². The van der Waals surface area contributed by atoms with Gasteiger partial charge in [-0.2, -0.15) is 0 Å². The van der Waals surface area contributed by atoms with E-state index in [0.29, 0.717) is 6.04 Å². The molecule has 1 aromatic rings. The van der Waals surface area contributed by atoms with Crippen molar-refractivity contribution in [2.45, 2.75) is 38.3 Å². The van der Waals surface area contributed by atoms with Crippen molar-refractivity contribution in [2.75, 3.05) is 53.4 Å². The molecule has 2 aliphatic rings. The van der Waals surface area contributed by atoms with Crippen molar-refractivity contribution in [3.8, 4) is 0 Å². The summed E-state index contributed by atoms with van der Waals surface area (Å²) in [5, 5.41) is 0. The highest BCUT2D eigenvalue weighted by Gasteiger charge is 2.29. The van der Waals surface area contributed by atoms with Gasteiger partial charge in [-0.15, -0.1) is 0 Å². The van der Waals surface area contributed by atoms with Crippen molar-refractivity contribution in [3.05, 3.63) is 23.7 Å². The highest BCUT2D eigenvalue weighted by Crippen LogP contribution is 2.27. The van der Waals surface area contributed by atoms with Gasteiger partial charge in [0.1, 0.15) is 5.76 Å². The second-order valence-corrected chi connectivity index (χ2v) is 7.35. The first kappa shape index (κ1) is 18.4. The number of rotatable bonds is 4. The fourth-order valence-electron chi connectivity index (χ4n) is 3.95. The summed E-state index contributed by atoms with van der Waals surface area (Å²) in [6.07, 6.45) is 3.78. The molecule has 3 rings (SSSR count). The number of methoxy groups -OCH3 is 1. The monoisotopic (exact) mass is 349 g/mol. The lowest BCUT2D eigenvalue weighted by Crippen LogP contribution is -2.52. The topological polar surface area (TPSA) is 49.2 Å². The van der Waals surface area contributed by atoms with E-state index in [1.165, 1.54) is 26.4 Å². The quantitative estimate of drug-likeness (QED) is 0.777. The number of likely N-dealkylation sites (N-methyl/N-ethyl adjacent to an activating group) is 1. The van der Waals surface area contributed by atoms with Crippen LogP contribution in [-0.4, -0.2) is 80.1 Å². The zero-order valence-electron chi connectivity index (χ0n) is 15.7. The molecule has 6 nitrogen and oxygen atoms in total. The fourth-order valence-corrected chi connectivity index (χ4v) is 3.95. The molecule has 0 amide bonds. The Morgan fingerprint density at radius 1 is 1.20 bits per heavy atom. The maximum Gasteiger partial charge on any atom is 0.373 e. The van der Waals surface area contributed by atoms with Crippen LogP contribution in [0.25, 0.3) is 0 Å². The summed E-state index contributed by atoms with van der Waals surface area (Å²) in [6.45, 7) is 8.97. The molecule has 2 saturated heterocycles. The number of piperazine rings is 1. The maximum atomic E-state index is 11.6. The van der Waals surface area contributed by atoms with Crippen molar-refractivity contribution < 1.29 is 13.9 Å². The molecule has 0 N–H and O–H groups in total. The molecule has 0 radical (unpaired) electrons. The molecule has 0 bridgehead atoms. The number of hydrogen-bond donors (Lipinski definition) is 0. The Bertz CT molecular complexity index is 566. The number of carbonyl (C=O) groups is 1. The Balaban J connectivity index is 1.65. The van der Waals surface area contributed by atoms with Crippen LogP contribution in [0.3, 0.4) is 0 Å². The van der Waals surface area contributed by atoms with Crippen LogP contribution in [0, 0.1) is 0 Å². The molecule has 0 unspecified atom stereocenters. The van der Waals surface area contributed by atoms with E-state index in [1.807, 2.05) is 6.07 Å². The molecule has 0 saturated carbocycles. The van der Waals surface area contributed by atoms with E-state index in [2.05, 4.69) is 28.7 Å². The summed E-state index contributed by atoms with van der Waals surface area (Å²) >= 11 is 0. The largest absolute Gasteiger partial charge is 0.463 e. The predicted molar refractivity (Wildman–Crippen MR) is 96.7 cm³/mol. The number of carbonyl (C=O) groups excluding carboxylic acids is 1. The predicted octanol–water partition coefficient (Wildman–Crippen LogP) is 2.23. The first-order valence-corrected chi connectivity index (χ1v) is 9.43. The number of likely N-dealkylation sites (tertiary alicyclic amines) is 1. The summed E-state index contributed by atoms with van der Waals surface area (Å²) in [5.74, 6) is 0.721. The standard InChI is InChI=1S/C19H31N3O3/c1-15(17-7-8-18(25-17)19(23)24-3)22-9-5-4-6-16(14-22)21-12-10-20(2)11-13-21/h7-8,15-16H,4-6,9-14H2,1-3H3/t15-,16-/m1/s1. The molecule has 3 heterocycles. The molecule has 0 spiro atoms. The van der Waals surface area contributed by atoms with E-state index in [-0.39, 0.29) is 11.8 Å². The van der Waals surface area contributed by atoms with Gasteiger partial charge in [-0.25, -0.2) is 4.79 Å². The number of esters is 1. The smallest absolute Gasteiger partial charge is 0.373 e. The Morgan fingerprint density at radius 2 is 1.96 bits per heavy atom. The van der Waals surface area contributed by atoms with E-state index in [1.54, 1.807) is 6.07 Å². The molecule has 140 valence electrons. The summed E-state index contributed by atoms with van der Waals surface area (Å²) < 4.78 is 10.5. The molecule has 6 heteroatoms. The lowest BCUT2D eigenvalue weighted by molar-refractivity contribution is 0.0553. The fraction of sp³-hybridized carbons (Fsp3) is 0.737. The third-order valence-electron chi connectivity index (χ3n) is 5.71. The van der Waals surface area contributed by atoms with Crippen LogP contribution in [0.15, 0.2) is 16.5 Å². The van der Waals surface area contributed by atoms with Crippen LogP contribution < -0.4 is 0 Å². The van der Waals surface area contributed by atoms with Crippen LogP contribution in [0.5, 0.6) is 0 Å². The lowest BCUT2D eigenvalue weighted by atomic mass is 10.1. The van der Waals surface area contributed by atoms with Crippen LogP contribution in [0.1, 0.15) is 48.5 Å². The minimum absolute atomic E-state index is 0.173. The van der Waals surface area contributed by atoms with Crippen LogP contribution in [0.4, 0.5) is 0 Å². The summed E-state index contributed by atoms with van der Waals surface area (Å²) in [6, 6.07) is 4.42. The lowest BCUT2D eigenvalue weighted by Gasteiger charge is -2.40. The summed E-state index contributed by atoms with van der Waals surface area (Å²) in [4.78, 5) is 19.2. The van der Waals surface area contributed by atoms with Gasteiger partial charge in [0.25, 0.3) is 0 Å². The van der Waals surface area contributed by atoms with Crippen molar-refractivity contribution in [3.63, 3.8) is 0 Å². The van der Waals surface area contributed by atoms with E-state index >= 15 is 0 Å². The number of nitrogens with zero attached hydrogens (tertiary/aromatic N) is 3. The zero-order chi connectivity index (χ0) is 17.8. The second kappa shape index (κ2) is 8.34. The van der Waals surface area contributed by atoms with Gasteiger partial charge < -0.3 is 14.1 Å². The van der Waals surface area contributed by atoms with Crippen molar-refractivity contribution in [2.24, 2.45) is 0 Å². The van der Waals surface area contributed by atoms with Crippen molar-refractivity contribution in [1.82, 2.24) is 14.7 Å². The number of hydrogen-bond acceptors (Lipinski definition) is 6. The van der Waals surface area contributed by atoms with E-state index in [9.17, 15) is 4.79 Å². The third kappa shape index (κ3) is 4.43. The highest BCUT2D eigenvalue weighted by molar-refractivity contribution is 5.86. The van der Waals surface area contributed by atoms with Gasteiger partial charge in [0.2, 0.25) is 5.76 Å². The molecule has 2 fully saturated rings. The minimum atomic E-state index is -0.412. The highest BCUT2D eigenvalue weighted by atomic mass is 16.5. The molecule has 25 heavy (non-hydrogen) atoms. The third-order valence-corrected chi connectivity index (χ3v) is 5.71. The van der Waals surface area contributed by atoms with Gasteiger partial charge in [-0.1, -0.05) is 6.42 Å². The maximum absolute atomic E-state index is 11.6. The molecule has 0 aromatic carbocycles. The van der Waals surface area contributed by atoms with E-state index < -0.39 is 5.97 Å². The average molecular weight is 349 g/mol. The first-order chi connectivity index (χ1) is 12.1. The molecular formula is C19H31N3O3. The normalized spacial score (nSPS) is 25.5. The van der Waals surface area contributed by atoms with Gasteiger partial charge in [0.05, 0.1) is 13.2 Å². The van der Waals surface area contributed by atoms with Gasteiger partial charge in [-0.05, 0) is 45.5 Å². The van der Waals surface area contributed by atoms with Crippen LogP contribution in [-0.2, 0) is 4.74 Å². The Morgan fingerprint density at radius 3 is 2.68 bits per heavy atom. The summed E-state index contributed by atoms with van der Waals surface area (Å²) in [7, 11) is 3.58. The molecular weight excluding hydrogens is 318 g/mol. The van der Waals surface area contributed by atoms with Crippen LogP contribution >= 0.6 is 0 Å². The molecule has 0 aliphatic carbocycles. The Hall–Kier alpha value is -1.37. The molecule has 2 aliphatic heterocycles. The minimum Gasteiger partial charge on any atom is -0.463 e. The zero-order valence-corrected chi connectivity index (χ0v) is 15.7. The van der Waals surface area contributed by atoms with Gasteiger partial charge in [0.15, 0.2) is 0 Å². The first-order valence-electron chi connectivity index (χ1n) is 9.43. The van der Waals surface area contributed by atoms with Crippen LogP contribution in [0.2, 0.25) is 0 Å². The molecule has 1 aromatic heterocycles. The van der Waals surface area contributed by atoms with E-state index in [4.69, 9.17) is 9.15 Å². The van der Waals surface area contributed by atoms with Crippen molar-refractivity contribution in [1.29, 1.82) is 0 Å². The van der Waals surface area contributed by atoms with Gasteiger partial charge in [-0.3, -0.25) is 9.80 Å².